The summed E-state index contributed by atoms with van der Waals surface area (Å²) in [5.74, 6) is 1.26. The summed E-state index contributed by atoms with van der Waals surface area (Å²) in [7, 11) is 0. The second kappa shape index (κ2) is 4.77. The van der Waals surface area contributed by atoms with E-state index in [1.165, 1.54) is 12.8 Å². The predicted molar refractivity (Wildman–Crippen MR) is 73.1 cm³/mol. The molecule has 104 valence electrons. The van der Waals surface area contributed by atoms with Crippen molar-refractivity contribution >= 4 is 11.8 Å². The maximum absolute atomic E-state index is 12.5. The van der Waals surface area contributed by atoms with Crippen molar-refractivity contribution in [1.82, 2.24) is 4.90 Å². The van der Waals surface area contributed by atoms with Crippen molar-refractivity contribution in [2.45, 2.75) is 39.5 Å². The minimum absolute atomic E-state index is 0.0270. The van der Waals surface area contributed by atoms with Gasteiger partial charge in [-0.15, -0.1) is 0 Å². The summed E-state index contributed by atoms with van der Waals surface area (Å²) in [5, 5.41) is 0. The summed E-state index contributed by atoms with van der Waals surface area (Å²) >= 11 is 0. The number of amides is 2. The van der Waals surface area contributed by atoms with Crippen LogP contribution in [-0.4, -0.2) is 23.3 Å². The third-order valence-electron chi connectivity index (χ3n) is 5.11. The van der Waals surface area contributed by atoms with E-state index in [1.54, 1.807) is 4.90 Å². The first-order chi connectivity index (χ1) is 9.13. The normalized spacial score (nSPS) is 37.3. The summed E-state index contributed by atoms with van der Waals surface area (Å²) in [5.41, 5.74) is 0. The molecule has 0 aromatic heterocycles. The van der Waals surface area contributed by atoms with Crippen molar-refractivity contribution in [3.05, 3.63) is 12.2 Å². The molecular formula is C16H23NO2. The number of fused-ring (bicyclic) bond motifs is 5. The molecule has 5 atom stereocenters. The van der Waals surface area contributed by atoms with Crippen LogP contribution < -0.4 is 0 Å². The Morgan fingerprint density at radius 3 is 2.32 bits per heavy atom. The molecule has 3 nitrogen and oxygen atoms in total. The van der Waals surface area contributed by atoms with Crippen molar-refractivity contribution in [3.63, 3.8) is 0 Å². The minimum atomic E-state index is -0.0270. The van der Waals surface area contributed by atoms with Crippen molar-refractivity contribution in [1.29, 1.82) is 0 Å². The largest absolute Gasteiger partial charge is 0.282 e. The molecule has 0 N–H and O–H groups in total. The Labute approximate surface area is 115 Å². The number of unbranched alkanes of at least 4 members (excludes halogenated alkanes) is 1. The average Bonchev–Trinajstić information content (AvgIpc) is 3.06. The third kappa shape index (κ3) is 1.94. The number of hydrogen-bond donors (Lipinski definition) is 0. The van der Waals surface area contributed by atoms with E-state index in [-0.39, 0.29) is 23.7 Å². The van der Waals surface area contributed by atoms with Gasteiger partial charge >= 0.3 is 0 Å². The van der Waals surface area contributed by atoms with Crippen molar-refractivity contribution in [3.8, 4) is 0 Å². The highest BCUT2D eigenvalue weighted by molar-refractivity contribution is 6.06. The maximum Gasteiger partial charge on any atom is 0.233 e. The Morgan fingerprint density at radius 2 is 1.79 bits per heavy atom. The average molecular weight is 261 g/mol. The fourth-order valence-corrected chi connectivity index (χ4v) is 4.10. The Hall–Kier alpha value is -1.12. The number of imide groups is 1. The quantitative estimate of drug-likeness (QED) is 0.563. The number of carbonyl (C=O) groups excluding carboxylic acids is 2. The van der Waals surface area contributed by atoms with E-state index >= 15 is 0 Å². The van der Waals surface area contributed by atoms with Gasteiger partial charge < -0.3 is 0 Å². The van der Waals surface area contributed by atoms with Gasteiger partial charge in [-0.25, -0.2) is 0 Å². The van der Waals surface area contributed by atoms with Gasteiger partial charge in [-0.3, -0.25) is 14.5 Å². The molecule has 1 saturated carbocycles. The van der Waals surface area contributed by atoms with Gasteiger partial charge in [0.05, 0.1) is 11.8 Å². The van der Waals surface area contributed by atoms with Crippen LogP contribution in [-0.2, 0) is 9.59 Å². The van der Waals surface area contributed by atoms with Crippen LogP contribution in [0.5, 0.6) is 0 Å². The molecule has 0 aromatic rings. The zero-order valence-electron chi connectivity index (χ0n) is 11.8. The lowest BCUT2D eigenvalue weighted by atomic mass is 9.85. The molecule has 2 amide bonds. The van der Waals surface area contributed by atoms with Crippen LogP contribution in [0.4, 0.5) is 0 Å². The van der Waals surface area contributed by atoms with Gasteiger partial charge in [0.1, 0.15) is 0 Å². The molecule has 5 unspecified atom stereocenters. The molecule has 0 radical (unpaired) electrons. The molecule has 0 spiro atoms. The monoisotopic (exact) mass is 261 g/mol. The molecule has 3 aliphatic rings. The first-order valence-electron chi connectivity index (χ1n) is 7.67. The second-order valence-electron chi connectivity index (χ2n) is 6.53. The predicted octanol–water partition coefficient (Wildman–Crippen LogP) is 2.62. The summed E-state index contributed by atoms with van der Waals surface area (Å²) in [6.07, 6.45) is 8.78. The van der Waals surface area contributed by atoms with Crippen molar-refractivity contribution in [2.75, 3.05) is 6.54 Å². The number of nitrogens with zero attached hydrogens (tertiary/aromatic N) is 1. The van der Waals surface area contributed by atoms with E-state index in [4.69, 9.17) is 0 Å². The number of rotatable bonds is 5. The molecular weight excluding hydrogens is 238 g/mol. The van der Waals surface area contributed by atoms with Gasteiger partial charge in [-0.2, -0.15) is 0 Å². The molecule has 19 heavy (non-hydrogen) atoms. The lowest BCUT2D eigenvalue weighted by molar-refractivity contribution is -0.141. The Kier molecular flexibility index (Phi) is 3.23. The fraction of sp³-hybridized carbons (Fsp3) is 0.750. The summed E-state index contributed by atoms with van der Waals surface area (Å²) in [6.45, 7) is 4.95. The van der Waals surface area contributed by atoms with E-state index in [2.05, 4.69) is 26.0 Å². The maximum atomic E-state index is 12.5. The Bertz CT molecular complexity index is 398. The van der Waals surface area contributed by atoms with E-state index < -0.39 is 0 Å². The van der Waals surface area contributed by atoms with Gasteiger partial charge in [0.2, 0.25) is 11.8 Å². The SMILES string of the molecule is CCCCC(C)CN1C(=O)C2C3C=CC(C3)C2C1=O. The highest BCUT2D eigenvalue weighted by Gasteiger charge is 2.59. The number of hydrogen-bond acceptors (Lipinski definition) is 2. The second-order valence-corrected chi connectivity index (χ2v) is 6.53. The topological polar surface area (TPSA) is 37.4 Å². The molecule has 2 aliphatic carbocycles. The first kappa shape index (κ1) is 12.9. The molecule has 2 bridgehead atoms. The van der Waals surface area contributed by atoms with Crippen molar-refractivity contribution < 1.29 is 9.59 Å². The van der Waals surface area contributed by atoms with Gasteiger partial charge in [0, 0.05) is 6.54 Å². The van der Waals surface area contributed by atoms with Crippen molar-refractivity contribution in [2.24, 2.45) is 29.6 Å². The van der Waals surface area contributed by atoms with Crippen LogP contribution in [0.3, 0.4) is 0 Å². The standard InChI is InChI=1S/C16H23NO2/c1-3-4-5-10(2)9-17-15(18)13-11-6-7-12(8-11)14(13)16(17)19/h6-7,10-14H,3-5,8-9H2,1-2H3. The summed E-state index contributed by atoms with van der Waals surface area (Å²) in [4.78, 5) is 26.5. The smallest absolute Gasteiger partial charge is 0.233 e. The molecule has 1 aliphatic heterocycles. The molecule has 0 aromatic carbocycles. The van der Waals surface area contributed by atoms with E-state index in [0.29, 0.717) is 24.3 Å². The van der Waals surface area contributed by atoms with Crippen LogP contribution in [0.25, 0.3) is 0 Å². The van der Waals surface area contributed by atoms with Gasteiger partial charge in [0.15, 0.2) is 0 Å². The fourth-order valence-electron chi connectivity index (χ4n) is 4.10. The summed E-state index contributed by atoms with van der Waals surface area (Å²) < 4.78 is 0. The van der Waals surface area contributed by atoms with Gasteiger partial charge in [0.25, 0.3) is 0 Å². The van der Waals surface area contributed by atoms with E-state index in [1.807, 2.05) is 0 Å². The molecule has 3 heteroatoms. The Morgan fingerprint density at radius 1 is 1.21 bits per heavy atom. The van der Waals surface area contributed by atoms with Crippen LogP contribution in [0.1, 0.15) is 39.5 Å². The molecule has 1 heterocycles. The van der Waals surface area contributed by atoms with Gasteiger partial charge in [-0.05, 0) is 30.6 Å². The zero-order chi connectivity index (χ0) is 13.6. The lowest BCUT2D eigenvalue weighted by Gasteiger charge is -2.21. The number of carbonyl (C=O) groups is 2. The first-order valence-corrected chi connectivity index (χ1v) is 7.67. The van der Waals surface area contributed by atoms with Crippen LogP contribution in [0, 0.1) is 29.6 Å². The molecule has 2 fully saturated rings. The zero-order valence-corrected chi connectivity index (χ0v) is 11.8. The highest BCUT2D eigenvalue weighted by Crippen LogP contribution is 2.52. The summed E-state index contributed by atoms with van der Waals surface area (Å²) in [6, 6.07) is 0. The Balaban J connectivity index is 1.69. The van der Waals surface area contributed by atoms with E-state index in [9.17, 15) is 9.59 Å². The number of allylic oxidation sites excluding steroid dienone is 2. The van der Waals surface area contributed by atoms with E-state index in [0.717, 1.165) is 12.8 Å². The van der Waals surface area contributed by atoms with Crippen LogP contribution in [0.15, 0.2) is 12.2 Å². The number of likely N-dealkylation sites (tertiary alicyclic amines) is 1. The third-order valence-corrected chi connectivity index (χ3v) is 5.11. The van der Waals surface area contributed by atoms with Crippen LogP contribution >= 0.6 is 0 Å². The highest BCUT2D eigenvalue weighted by atomic mass is 16.2. The lowest BCUT2D eigenvalue weighted by Crippen LogP contribution is -2.36. The van der Waals surface area contributed by atoms with Crippen LogP contribution in [0.2, 0.25) is 0 Å². The molecule has 3 rings (SSSR count). The van der Waals surface area contributed by atoms with Gasteiger partial charge in [-0.1, -0.05) is 38.8 Å². The minimum Gasteiger partial charge on any atom is -0.282 e. The molecule has 1 saturated heterocycles.